The fraction of sp³-hybridized carbons (Fsp3) is 0.273. The highest BCUT2D eigenvalue weighted by atomic mass is 32.2. The van der Waals surface area contributed by atoms with E-state index in [1.807, 2.05) is 24.3 Å². The number of carbonyl (C=O) groups excluding carboxylic acids is 2. The number of halogens is 1. The molecule has 2 aliphatic rings. The summed E-state index contributed by atoms with van der Waals surface area (Å²) in [5.74, 6) is 0.236. The normalized spacial score (nSPS) is 17.4. The van der Waals surface area contributed by atoms with Gasteiger partial charge in [-0.1, -0.05) is 37.7 Å². The van der Waals surface area contributed by atoms with Gasteiger partial charge in [-0.3, -0.25) is 14.6 Å². The molecule has 0 saturated heterocycles. The van der Waals surface area contributed by atoms with Crippen LogP contribution in [0.5, 0.6) is 0 Å². The second-order valence-corrected chi connectivity index (χ2v) is 8.47. The summed E-state index contributed by atoms with van der Waals surface area (Å²) in [7, 11) is 0. The number of thioether (sulfide) groups is 1. The first-order valence-electron chi connectivity index (χ1n) is 9.70. The smallest absolute Gasteiger partial charge is 0.259 e. The maximum absolute atomic E-state index is 13.0. The van der Waals surface area contributed by atoms with Gasteiger partial charge < -0.3 is 5.32 Å². The van der Waals surface area contributed by atoms with E-state index in [9.17, 15) is 14.0 Å². The van der Waals surface area contributed by atoms with Crippen molar-refractivity contribution in [2.45, 2.75) is 26.3 Å². The number of nitrogens with zero attached hydrogens (tertiary/aromatic N) is 3. The summed E-state index contributed by atoms with van der Waals surface area (Å²) in [4.78, 5) is 36.2. The predicted octanol–water partition coefficient (Wildman–Crippen LogP) is 4.20. The number of benzene rings is 2. The van der Waals surface area contributed by atoms with Crippen molar-refractivity contribution in [3.8, 4) is 0 Å². The number of anilines is 1. The van der Waals surface area contributed by atoms with Crippen LogP contribution in [0.25, 0.3) is 0 Å². The molecular weight excluding hydrogens is 403 g/mol. The quantitative estimate of drug-likeness (QED) is 0.782. The highest BCUT2D eigenvalue weighted by molar-refractivity contribution is 8.14. The van der Waals surface area contributed by atoms with Crippen molar-refractivity contribution in [3.63, 3.8) is 0 Å². The zero-order valence-corrected chi connectivity index (χ0v) is 17.4. The van der Waals surface area contributed by atoms with E-state index in [2.05, 4.69) is 29.1 Å². The van der Waals surface area contributed by atoms with E-state index in [0.29, 0.717) is 29.0 Å². The Kier molecular flexibility index (Phi) is 5.67. The third-order valence-corrected chi connectivity index (χ3v) is 5.64. The number of aliphatic imine (C=N–C) groups is 2. The third-order valence-electron chi connectivity index (χ3n) is 4.70. The van der Waals surface area contributed by atoms with Crippen LogP contribution in [0.15, 0.2) is 58.5 Å². The van der Waals surface area contributed by atoms with Crippen molar-refractivity contribution in [1.29, 1.82) is 0 Å². The molecule has 2 amide bonds. The second-order valence-electron chi connectivity index (χ2n) is 7.53. The van der Waals surface area contributed by atoms with Crippen LogP contribution >= 0.6 is 11.8 Å². The topological polar surface area (TPSA) is 74.1 Å². The summed E-state index contributed by atoms with van der Waals surface area (Å²) in [6.07, 6.45) is 0.657. The van der Waals surface area contributed by atoms with Crippen LogP contribution in [0.1, 0.15) is 25.8 Å². The van der Waals surface area contributed by atoms with E-state index >= 15 is 0 Å². The Morgan fingerprint density at radius 1 is 1.20 bits per heavy atom. The zero-order valence-electron chi connectivity index (χ0n) is 16.6. The number of hydrogen-bond acceptors (Lipinski definition) is 5. The minimum Gasteiger partial charge on any atom is -0.325 e. The lowest BCUT2D eigenvalue weighted by Crippen LogP contribution is -2.41. The van der Waals surface area contributed by atoms with Crippen LogP contribution in [0.4, 0.5) is 15.8 Å². The van der Waals surface area contributed by atoms with Crippen LogP contribution in [0, 0.1) is 11.7 Å². The molecule has 0 spiro atoms. The van der Waals surface area contributed by atoms with Gasteiger partial charge in [0.1, 0.15) is 17.7 Å². The minimum atomic E-state index is -0.440. The Labute approximate surface area is 178 Å². The number of hydrogen-bond donors (Lipinski definition) is 1. The average molecular weight is 425 g/mol. The average Bonchev–Trinajstić information content (AvgIpc) is 3.04. The lowest BCUT2D eigenvalue weighted by Gasteiger charge is -2.25. The van der Waals surface area contributed by atoms with E-state index in [4.69, 9.17) is 0 Å². The number of fused-ring (bicyclic) bond motifs is 3. The van der Waals surface area contributed by atoms with Gasteiger partial charge in [-0.2, -0.15) is 0 Å². The summed E-state index contributed by atoms with van der Waals surface area (Å²) in [5.41, 5.74) is 2.05. The van der Waals surface area contributed by atoms with Crippen molar-refractivity contribution in [2.75, 3.05) is 11.1 Å². The summed E-state index contributed by atoms with van der Waals surface area (Å²) >= 11 is 1.18. The van der Waals surface area contributed by atoms with Gasteiger partial charge >= 0.3 is 0 Å². The molecule has 0 aromatic heterocycles. The number of nitrogens with one attached hydrogen (secondary N) is 1. The molecular formula is C22H21FN4O2S. The molecule has 2 aliphatic heterocycles. The highest BCUT2D eigenvalue weighted by Crippen LogP contribution is 2.34. The SMILES string of the molecule is CC(C)C[C@@H]1N=C2c3ccccc3N=C(SCC(=O)Nc3ccc(F)cc3)N2C1=O. The maximum atomic E-state index is 13.0. The molecule has 30 heavy (non-hydrogen) atoms. The van der Waals surface area contributed by atoms with Crippen molar-refractivity contribution in [3.05, 3.63) is 59.9 Å². The Balaban J connectivity index is 1.53. The molecule has 1 N–H and O–H groups in total. The van der Waals surface area contributed by atoms with E-state index in [1.165, 1.54) is 40.9 Å². The molecule has 154 valence electrons. The highest BCUT2D eigenvalue weighted by Gasteiger charge is 2.41. The van der Waals surface area contributed by atoms with E-state index in [0.717, 1.165) is 11.3 Å². The lowest BCUT2D eigenvalue weighted by atomic mass is 10.0. The minimum absolute atomic E-state index is 0.0598. The van der Waals surface area contributed by atoms with Crippen molar-refractivity contribution in [2.24, 2.45) is 15.9 Å². The van der Waals surface area contributed by atoms with E-state index in [-0.39, 0.29) is 23.4 Å². The standard InChI is InChI=1S/C22H21FN4O2S/c1-13(2)11-18-21(29)27-20(25-18)16-5-3-4-6-17(16)26-22(27)30-12-19(28)24-15-9-7-14(23)8-10-15/h3-10,13,18H,11-12H2,1-2H3,(H,24,28)/t18-/m0/s1. The molecule has 0 aliphatic carbocycles. The number of carbonyl (C=O) groups is 2. The van der Waals surface area contributed by atoms with Gasteiger partial charge in [-0.25, -0.2) is 14.3 Å². The molecule has 0 fully saturated rings. The Bertz CT molecular complexity index is 1050. The Morgan fingerprint density at radius 2 is 1.93 bits per heavy atom. The van der Waals surface area contributed by atoms with Gasteiger partial charge in [-0.15, -0.1) is 0 Å². The largest absolute Gasteiger partial charge is 0.325 e. The Morgan fingerprint density at radius 3 is 2.67 bits per heavy atom. The summed E-state index contributed by atoms with van der Waals surface area (Å²) in [6, 6.07) is 12.7. The lowest BCUT2D eigenvalue weighted by molar-refractivity contribution is -0.125. The van der Waals surface area contributed by atoms with E-state index in [1.54, 1.807) is 0 Å². The van der Waals surface area contributed by atoms with Crippen molar-refractivity contribution >= 4 is 46.0 Å². The monoisotopic (exact) mass is 424 g/mol. The van der Waals surface area contributed by atoms with Gasteiger partial charge in [0, 0.05) is 11.3 Å². The number of rotatable bonds is 5. The molecule has 2 aromatic carbocycles. The van der Waals surface area contributed by atoms with E-state index < -0.39 is 6.04 Å². The first-order chi connectivity index (χ1) is 14.4. The predicted molar refractivity (Wildman–Crippen MR) is 118 cm³/mol. The molecule has 1 atom stereocenters. The fourth-order valence-corrected chi connectivity index (χ4v) is 4.16. The maximum Gasteiger partial charge on any atom is 0.259 e. The molecule has 0 bridgehead atoms. The number of para-hydroxylation sites is 1. The first-order valence-corrected chi connectivity index (χ1v) is 10.7. The van der Waals surface area contributed by atoms with Gasteiger partial charge in [0.2, 0.25) is 5.91 Å². The molecule has 6 nitrogen and oxygen atoms in total. The second kappa shape index (κ2) is 8.39. The van der Waals surface area contributed by atoms with Crippen LogP contribution < -0.4 is 5.32 Å². The van der Waals surface area contributed by atoms with Crippen LogP contribution in [-0.4, -0.2) is 39.5 Å². The molecule has 2 aromatic rings. The third kappa shape index (κ3) is 4.14. The fourth-order valence-electron chi connectivity index (χ4n) is 3.36. The number of amidine groups is 2. The molecule has 0 saturated carbocycles. The summed E-state index contributed by atoms with van der Waals surface area (Å²) in [5, 5.41) is 3.16. The molecule has 0 radical (unpaired) electrons. The summed E-state index contributed by atoms with van der Waals surface area (Å²) < 4.78 is 13.0. The van der Waals surface area contributed by atoms with Gasteiger partial charge in [0.15, 0.2) is 5.17 Å². The van der Waals surface area contributed by atoms with Crippen LogP contribution in [0.2, 0.25) is 0 Å². The molecule has 4 rings (SSSR count). The van der Waals surface area contributed by atoms with Crippen LogP contribution in [0.3, 0.4) is 0 Å². The molecule has 8 heteroatoms. The molecule has 2 heterocycles. The number of amides is 2. The first kappa shape index (κ1) is 20.3. The van der Waals surface area contributed by atoms with Crippen molar-refractivity contribution < 1.29 is 14.0 Å². The van der Waals surface area contributed by atoms with Crippen LogP contribution in [-0.2, 0) is 9.59 Å². The Hall–Kier alpha value is -3.00. The van der Waals surface area contributed by atoms with Gasteiger partial charge in [-0.05, 0) is 48.7 Å². The van der Waals surface area contributed by atoms with Crippen molar-refractivity contribution in [1.82, 2.24) is 4.90 Å². The summed E-state index contributed by atoms with van der Waals surface area (Å²) in [6.45, 7) is 4.12. The zero-order chi connectivity index (χ0) is 21.3. The van der Waals surface area contributed by atoms with Gasteiger partial charge in [0.25, 0.3) is 5.91 Å². The van der Waals surface area contributed by atoms with Gasteiger partial charge in [0.05, 0.1) is 11.4 Å². The molecule has 0 unspecified atom stereocenters.